The van der Waals surface area contributed by atoms with Gasteiger partial charge in [0.25, 0.3) is 5.56 Å². The number of aromatic nitrogens is 3. The number of H-pyrrole nitrogens is 1. The maximum atomic E-state index is 15.0. The molecule has 0 atom stereocenters. The number of pyridine rings is 2. The van der Waals surface area contributed by atoms with Crippen LogP contribution in [-0.2, 0) is 6.42 Å². The van der Waals surface area contributed by atoms with Crippen molar-refractivity contribution in [3.8, 4) is 23.1 Å². The number of nitrogens with one attached hydrogen (secondary N) is 1. The molecule has 0 amide bonds. The number of halogens is 2. The van der Waals surface area contributed by atoms with Gasteiger partial charge in [-0.2, -0.15) is 0 Å². The highest BCUT2D eigenvalue weighted by atomic mass is 19.1. The van der Waals surface area contributed by atoms with Crippen LogP contribution in [0.25, 0.3) is 16.7 Å². The zero-order valence-electron chi connectivity index (χ0n) is 20.8. The minimum absolute atomic E-state index is 0.00822. The Balaban J connectivity index is 1.32. The van der Waals surface area contributed by atoms with Crippen molar-refractivity contribution in [1.82, 2.24) is 14.5 Å². The van der Waals surface area contributed by atoms with E-state index >= 15 is 4.39 Å². The van der Waals surface area contributed by atoms with Crippen LogP contribution in [-0.4, -0.2) is 40.5 Å². The number of rotatable bonds is 6. The molecule has 1 N–H and O–H groups in total. The lowest BCUT2D eigenvalue weighted by molar-refractivity contribution is 0.0991. The SMILES string of the molecule is CN1CCOc2c1cc(C(=O)Cc1ccc(Oc3ccnc4[nH]ccc34)c(F)c1)c(=O)n2-c1ccc(F)cc1. The van der Waals surface area contributed by atoms with E-state index < -0.39 is 23.0 Å². The third-order valence-corrected chi connectivity index (χ3v) is 6.60. The number of benzene rings is 2. The summed E-state index contributed by atoms with van der Waals surface area (Å²) in [6.07, 6.45) is 3.06. The Morgan fingerprint density at radius 2 is 1.90 bits per heavy atom. The van der Waals surface area contributed by atoms with Crippen molar-refractivity contribution in [1.29, 1.82) is 0 Å². The molecule has 0 fully saturated rings. The van der Waals surface area contributed by atoms with E-state index in [1.165, 1.54) is 47.0 Å². The second-order valence-corrected chi connectivity index (χ2v) is 9.15. The molecular formula is C29H22F2N4O4. The maximum Gasteiger partial charge on any atom is 0.268 e. The second kappa shape index (κ2) is 9.71. The van der Waals surface area contributed by atoms with E-state index in [4.69, 9.17) is 9.47 Å². The van der Waals surface area contributed by atoms with Gasteiger partial charge < -0.3 is 19.4 Å². The number of carbonyl (C=O) groups excluding carboxylic acids is 1. The molecule has 0 bridgehead atoms. The van der Waals surface area contributed by atoms with Crippen LogP contribution in [0.2, 0.25) is 0 Å². The number of aromatic amines is 1. The monoisotopic (exact) mass is 528 g/mol. The van der Waals surface area contributed by atoms with Crippen LogP contribution < -0.4 is 19.9 Å². The van der Waals surface area contributed by atoms with Gasteiger partial charge in [0.05, 0.1) is 28.9 Å². The van der Waals surface area contributed by atoms with Crippen molar-refractivity contribution in [2.45, 2.75) is 6.42 Å². The lowest BCUT2D eigenvalue weighted by Crippen LogP contribution is -2.35. The number of Topliss-reactive ketones (excluding diaryl/α,β-unsaturated/α-hetero) is 1. The predicted molar refractivity (Wildman–Crippen MR) is 141 cm³/mol. The average molecular weight is 529 g/mol. The van der Waals surface area contributed by atoms with Crippen molar-refractivity contribution in [2.24, 2.45) is 0 Å². The first kappa shape index (κ1) is 24.4. The number of anilines is 1. The van der Waals surface area contributed by atoms with Gasteiger partial charge in [0, 0.05) is 25.9 Å². The standard InChI is InChI=1S/C29H22F2N4O4/c1-34-12-13-38-29-23(34)16-21(28(37)35(29)19-5-3-18(30)4-6-19)24(36)15-17-2-7-26(22(31)14-17)39-25-9-11-33-27-20(25)8-10-32-27/h2-11,14,16H,12-13,15H2,1H3,(H,32,33). The largest absolute Gasteiger partial charge is 0.475 e. The Morgan fingerprint density at radius 3 is 2.69 bits per heavy atom. The maximum absolute atomic E-state index is 15.0. The van der Waals surface area contributed by atoms with E-state index in [0.29, 0.717) is 46.9 Å². The molecule has 4 heterocycles. The van der Waals surface area contributed by atoms with E-state index in [1.54, 1.807) is 30.6 Å². The number of nitrogens with zero attached hydrogens (tertiary/aromatic N) is 3. The normalized spacial score (nSPS) is 12.7. The van der Waals surface area contributed by atoms with Gasteiger partial charge in [-0.05, 0) is 60.2 Å². The number of ketones is 1. The van der Waals surface area contributed by atoms with Gasteiger partial charge in [-0.25, -0.2) is 18.3 Å². The van der Waals surface area contributed by atoms with Crippen molar-refractivity contribution >= 4 is 22.5 Å². The summed E-state index contributed by atoms with van der Waals surface area (Å²) in [5.74, 6) is -0.896. The molecule has 3 aromatic heterocycles. The minimum Gasteiger partial charge on any atom is -0.475 e. The van der Waals surface area contributed by atoms with Crippen LogP contribution in [0.4, 0.5) is 14.5 Å². The molecule has 1 aliphatic heterocycles. The Hall–Kier alpha value is -4.99. The van der Waals surface area contributed by atoms with Gasteiger partial charge in [0.1, 0.15) is 23.8 Å². The summed E-state index contributed by atoms with van der Waals surface area (Å²) < 4.78 is 41.4. The fourth-order valence-corrected chi connectivity index (χ4v) is 4.58. The van der Waals surface area contributed by atoms with Gasteiger partial charge in [-0.3, -0.25) is 9.59 Å². The molecule has 0 saturated heterocycles. The van der Waals surface area contributed by atoms with Crippen LogP contribution in [0, 0.1) is 11.6 Å². The van der Waals surface area contributed by atoms with Crippen LogP contribution >= 0.6 is 0 Å². The molecule has 2 aromatic carbocycles. The van der Waals surface area contributed by atoms with Crippen LogP contribution in [0.1, 0.15) is 15.9 Å². The number of carbonyl (C=O) groups is 1. The predicted octanol–water partition coefficient (Wildman–Crippen LogP) is 5.04. The Kier molecular flexibility index (Phi) is 6.07. The van der Waals surface area contributed by atoms with E-state index in [2.05, 4.69) is 9.97 Å². The highest BCUT2D eigenvalue weighted by molar-refractivity contribution is 5.98. The van der Waals surface area contributed by atoms with Gasteiger partial charge >= 0.3 is 0 Å². The molecule has 8 nitrogen and oxygen atoms in total. The molecule has 0 radical (unpaired) electrons. The lowest BCUT2D eigenvalue weighted by atomic mass is 10.0. The Morgan fingerprint density at radius 1 is 1.08 bits per heavy atom. The highest BCUT2D eigenvalue weighted by Crippen LogP contribution is 2.33. The molecule has 0 unspecified atom stereocenters. The number of likely N-dealkylation sites (N-methyl/N-ethyl adjacent to an activating group) is 1. The van der Waals surface area contributed by atoms with Gasteiger partial charge in [0.2, 0.25) is 5.88 Å². The van der Waals surface area contributed by atoms with E-state index in [1.807, 2.05) is 11.9 Å². The molecule has 196 valence electrons. The minimum atomic E-state index is -0.650. The first-order valence-electron chi connectivity index (χ1n) is 12.2. The number of fused-ring (bicyclic) bond motifs is 2. The van der Waals surface area contributed by atoms with Gasteiger partial charge in [-0.1, -0.05) is 6.07 Å². The fraction of sp³-hybridized carbons (Fsp3) is 0.138. The second-order valence-electron chi connectivity index (χ2n) is 9.15. The zero-order valence-corrected chi connectivity index (χ0v) is 20.8. The summed E-state index contributed by atoms with van der Waals surface area (Å²) in [6, 6.07) is 14.5. The third kappa shape index (κ3) is 4.50. The lowest BCUT2D eigenvalue weighted by Gasteiger charge is -2.30. The molecule has 39 heavy (non-hydrogen) atoms. The van der Waals surface area contributed by atoms with Crippen LogP contribution in [0.15, 0.2) is 77.9 Å². The molecule has 10 heteroatoms. The Bertz CT molecular complexity index is 1780. The summed E-state index contributed by atoms with van der Waals surface area (Å²) in [6.45, 7) is 0.904. The van der Waals surface area contributed by atoms with Crippen molar-refractivity contribution in [2.75, 3.05) is 25.1 Å². The van der Waals surface area contributed by atoms with E-state index in [-0.39, 0.29) is 23.6 Å². The zero-order chi connectivity index (χ0) is 27.1. The van der Waals surface area contributed by atoms with Crippen LogP contribution in [0.3, 0.4) is 0 Å². The summed E-state index contributed by atoms with van der Waals surface area (Å²) in [7, 11) is 1.83. The topological polar surface area (TPSA) is 89.4 Å². The molecule has 6 rings (SSSR count). The summed E-state index contributed by atoms with van der Waals surface area (Å²) in [4.78, 5) is 35.9. The third-order valence-electron chi connectivity index (χ3n) is 6.60. The average Bonchev–Trinajstić information content (AvgIpc) is 3.41. The van der Waals surface area contributed by atoms with Crippen molar-refractivity contribution in [3.05, 3.63) is 106 Å². The first-order chi connectivity index (χ1) is 18.9. The van der Waals surface area contributed by atoms with Crippen molar-refractivity contribution in [3.63, 3.8) is 0 Å². The summed E-state index contributed by atoms with van der Waals surface area (Å²) in [5.41, 5.74) is 1.22. The summed E-state index contributed by atoms with van der Waals surface area (Å²) in [5, 5.41) is 0.704. The van der Waals surface area contributed by atoms with Crippen molar-refractivity contribution < 1.29 is 23.0 Å². The van der Waals surface area contributed by atoms with Crippen LogP contribution in [0.5, 0.6) is 17.4 Å². The quantitative estimate of drug-likeness (QED) is 0.311. The Labute approximate surface area is 221 Å². The smallest absolute Gasteiger partial charge is 0.268 e. The van der Waals surface area contributed by atoms with E-state index in [0.717, 1.165) is 0 Å². The molecule has 0 spiro atoms. The first-order valence-corrected chi connectivity index (χ1v) is 12.2. The molecule has 0 aliphatic carbocycles. The van der Waals surface area contributed by atoms with E-state index in [9.17, 15) is 14.0 Å². The summed E-state index contributed by atoms with van der Waals surface area (Å²) >= 11 is 0. The molecule has 0 saturated carbocycles. The molecule has 1 aliphatic rings. The molecular weight excluding hydrogens is 506 g/mol. The number of hydrogen-bond donors (Lipinski definition) is 1. The highest BCUT2D eigenvalue weighted by Gasteiger charge is 2.26. The van der Waals surface area contributed by atoms with Gasteiger partial charge in [0.15, 0.2) is 17.3 Å². The number of ether oxygens (including phenoxy) is 2. The van der Waals surface area contributed by atoms with Gasteiger partial charge in [-0.15, -0.1) is 0 Å². The fourth-order valence-electron chi connectivity index (χ4n) is 4.58. The number of hydrogen-bond acceptors (Lipinski definition) is 6. The molecule has 5 aromatic rings.